The van der Waals surface area contributed by atoms with E-state index in [4.69, 9.17) is 4.74 Å². The van der Waals surface area contributed by atoms with Gasteiger partial charge in [-0.1, -0.05) is 6.42 Å². The molecule has 0 aromatic carbocycles. The molecule has 3 rings (SSSR count). The zero-order valence-corrected chi connectivity index (χ0v) is 11.3. The van der Waals surface area contributed by atoms with Crippen LogP contribution in [0.4, 0.5) is 0 Å². The first-order valence-corrected chi connectivity index (χ1v) is 7.58. The Morgan fingerprint density at radius 2 is 1.56 bits per heavy atom. The van der Waals surface area contributed by atoms with Crippen molar-refractivity contribution < 1.29 is 9.84 Å². The topological polar surface area (TPSA) is 35.9 Å². The number of ether oxygens (including phenoxy) is 1. The Balaban J connectivity index is 1.48. The number of hydrogen-bond donors (Lipinski definition) is 1. The smallest absolute Gasteiger partial charge is 0.0950 e. The molecule has 3 heterocycles. The van der Waals surface area contributed by atoms with Crippen LogP contribution < -0.4 is 0 Å². The van der Waals surface area contributed by atoms with Crippen molar-refractivity contribution in [3.8, 4) is 0 Å². The Morgan fingerprint density at radius 1 is 0.833 bits per heavy atom. The van der Waals surface area contributed by atoms with Gasteiger partial charge in [-0.3, -0.25) is 4.90 Å². The van der Waals surface area contributed by atoms with Gasteiger partial charge < -0.3 is 14.7 Å². The van der Waals surface area contributed by atoms with Gasteiger partial charge in [0.2, 0.25) is 0 Å². The highest BCUT2D eigenvalue weighted by Gasteiger charge is 2.35. The summed E-state index contributed by atoms with van der Waals surface area (Å²) in [6.45, 7) is 6.12. The molecule has 0 aliphatic carbocycles. The second-order valence-electron chi connectivity index (χ2n) is 6.04. The summed E-state index contributed by atoms with van der Waals surface area (Å²) in [5, 5.41) is 9.88. The molecule has 1 N–H and O–H groups in total. The lowest BCUT2D eigenvalue weighted by Gasteiger charge is -2.42. The van der Waals surface area contributed by atoms with Crippen LogP contribution in [0.5, 0.6) is 0 Å². The summed E-state index contributed by atoms with van der Waals surface area (Å²) >= 11 is 0. The van der Waals surface area contributed by atoms with Crippen LogP contribution in [-0.2, 0) is 4.74 Å². The Bertz CT molecular complexity index is 261. The van der Waals surface area contributed by atoms with Gasteiger partial charge in [-0.2, -0.15) is 0 Å². The van der Waals surface area contributed by atoms with E-state index in [2.05, 4.69) is 9.80 Å². The number of rotatable bonds is 2. The van der Waals surface area contributed by atoms with E-state index in [1.807, 2.05) is 0 Å². The molecule has 4 heteroatoms. The number of aliphatic hydroxyl groups is 1. The summed E-state index contributed by atoms with van der Waals surface area (Å²) in [6, 6.07) is 1.05. The fourth-order valence-corrected chi connectivity index (χ4v) is 3.75. The quantitative estimate of drug-likeness (QED) is 0.787. The van der Waals surface area contributed by atoms with Crippen LogP contribution in [0.3, 0.4) is 0 Å². The fourth-order valence-electron chi connectivity index (χ4n) is 3.75. The third kappa shape index (κ3) is 2.72. The minimum atomic E-state index is -0.267. The first-order valence-electron chi connectivity index (χ1n) is 7.58. The van der Waals surface area contributed by atoms with Crippen molar-refractivity contribution in [1.82, 2.24) is 9.80 Å². The molecule has 2 atom stereocenters. The van der Waals surface area contributed by atoms with Crippen LogP contribution in [0.2, 0.25) is 0 Å². The van der Waals surface area contributed by atoms with Crippen molar-refractivity contribution in [2.75, 3.05) is 39.4 Å². The molecule has 0 unspecified atom stereocenters. The highest BCUT2D eigenvalue weighted by Crippen LogP contribution is 2.24. The van der Waals surface area contributed by atoms with Crippen molar-refractivity contribution in [1.29, 1.82) is 0 Å². The van der Waals surface area contributed by atoms with Gasteiger partial charge in [0.15, 0.2) is 0 Å². The molecule has 3 aliphatic heterocycles. The van der Waals surface area contributed by atoms with E-state index in [1.165, 1.54) is 45.2 Å². The first kappa shape index (κ1) is 12.9. The summed E-state index contributed by atoms with van der Waals surface area (Å²) < 4.78 is 5.36. The van der Waals surface area contributed by atoms with Gasteiger partial charge in [-0.05, 0) is 38.8 Å². The molecule has 0 bridgehead atoms. The molecule has 0 radical (unpaired) electrons. The number of hydrogen-bond acceptors (Lipinski definition) is 4. The molecule has 0 saturated carbocycles. The fraction of sp³-hybridized carbons (Fsp3) is 1.00. The van der Waals surface area contributed by atoms with E-state index < -0.39 is 0 Å². The van der Waals surface area contributed by atoms with Crippen molar-refractivity contribution in [3.05, 3.63) is 0 Å². The second kappa shape index (κ2) is 5.87. The van der Waals surface area contributed by atoms with E-state index >= 15 is 0 Å². The maximum absolute atomic E-state index is 9.88. The number of nitrogens with zero attached hydrogens (tertiary/aromatic N) is 2. The molecule has 3 fully saturated rings. The van der Waals surface area contributed by atoms with Gasteiger partial charge in [0.05, 0.1) is 25.4 Å². The molecule has 3 aliphatic rings. The van der Waals surface area contributed by atoms with Gasteiger partial charge in [0, 0.05) is 19.1 Å². The van der Waals surface area contributed by atoms with E-state index in [1.54, 1.807) is 0 Å². The maximum Gasteiger partial charge on any atom is 0.0950 e. The van der Waals surface area contributed by atoms with Crippen molar-refractivity contribution in [2.45, 2.75) is 50.3 Å². The number of likely N-dealkylation sites (tertiary alicyclic amines) is 2. The molecule has 0 spiro atoms. The standard InChI is InChI=1S/C14H26N2O2/c17-14-11-18-10-13(14)16-8-4-12(5-9-16)15-6-2-1-3-7-15/h12-14,17H,1-11H2/t13-,14-/m0/s1. The third-order valence-electron chi connectivity index (χ3n) is 4.90. The summed E-state index contributed by atoms with van der Waals surface area (Å²) in [5.41, 5.74) is 0. The van der Waals surface area contributed by atoms with Crippen LogP contribution in [0.15, 0.2) is 0 Å². The van der Waals surface area contributed by atoms with E-state index in [-0.39, 0.29) is 12.1 Å². The molecule has 4 nitrogen and oxygen atoms in total. The van der Waals surface area contributed by atoms with Crippen LogP contribution >= 0.6 is 0 Å². The second-order valence-corrected chi connectivity index (χ2v) is 6.04. The van der Waals surface area contributed by atoms with Crippen molar-refractivity contribution in [3.63, 3.8) is 0 Å². The lowest BCUT2D eigenvalue weighted by molar-refractivity contribution is 0.0369. The Morgan fingerprint density at radius 3 is 2.17 bits per heavy atom. The largest absolute Gasteiger partial charge is 0.389 e. The summed E-state index contributed by atoms with van der Waals surface area (Å²) in [6.07, 6.45) is 6.45. The van der Waals surface area contributed by atoms with Gasteiger partial charge in [-0.15, -0.1) is 0 Å². The van der Waals surface area contributed by atoms with Crippen molar-refractivity contribution >= 4 is 0 Å². The van der Waals surface area contributed by atoms with E-state index in [0.29, 0.717) is 6.61 Å². The van der Waals surface area contributed by atoms with E-state index in [0.717, 1.165) is 25.7 Å². The highest BCUT2D eigenvalue weighted by molar-refractivity contribution is 4.89. The SMILES string of the molecule is O[C@H]1COC[C@@H]1N1CCC(N2CCCCC2)CC1. The Labute approximate surface area is 110 Å². The third-order valence-corrected chi connectivity index (χ3v) is 4.90. The lowest BCUT2D eigenvalue weighted by Crippen LogP contribution is -2.52. The monoisotopic (exact) mass is 254 g/mol. The first-order chi connectivity index (χ1) is 8.84. The van der Waals surface area contributed by atoms with E-state index in [9.17, 15) is 5.11 Å². The molecule has 3 saturated heterocycles. The molecule has 18 heavy (non-hydrogen) atoms. The maximum atomic E-state index is 9.88. The minimum absolute atomic E-state index is 0.257. The Kier molecular flexibility index (Phi) is 4.19. The predicted octanol–water partition coefficient (Wildman–Crippen LogP) is 0.696. The average molecular weight is 254 g/mol. The predicted molar refractivity (Wildman–Crippen MR) is 70.6 cm³/mol. The summed E-state index contributed by atoms with van der Waals surface area (Å²) in [4.78, 5) is 5.14. The van der Waals surface area contributed by atoms with Gasteiger partial charge in [0.25, 0.3) is 0 Å². The van der Waals surface area contributed by atoms with Gasteiger partial charge in [0.1, 0.15) is 0 Å². The number of aliphatic hydroxyl groups excluding tert-OH is 1. The minimum Gasteiger partial charge on any atom is -0.389 e. The van der Waals surface area contributed by atoms with Crippen molar-refractivity contribution in [2.24, 2.45) is 0 Å². The lowest BCUT2D eigenvalue weighted by atomic mass is 9.98. The zero-order valence-electron chi connectivity index (χ0n) is 11.3. The molecule has 104 valence electrons. The van der Waals surface area contributed by atoms with Crippen LogP contribution in [-0.4, -0.2) is 72.5 Å². The number of piperidine rings is 2. The molecular formula is C14H26N2O2. The Hall–Kier alpha value is -0.160. The van der Waals surface area contributed by atoms with Crippen LogP contribution in [0.1, 0.15) is 32.1 Å². The molecule has 0 amide bonds. The summed E-state index contributed by atoms with van der Waals surface area (Å²) in [7, 11) is 0. The van der Waals surface area contributed by atoms with Crippen LogP contribution in [0, 0.1) is 0 Å². The zero-order chi connectivity index (χ0) is 12.4. The van der Waals surface area contributed by atoms with Gasteiger partial charge in [-0.25, -0.2) is 0 Å². The van der Waals surface area contributed by atoms with Crippen LogP contribution in [0.25, 0.3) is 0 Å². The summed E-state index contributed by atoms with van der Waals surface area (Å²) in [5.74, 6) is 0. The molecule has 0 aromatic rings. The molecular weight excluding hydrogens is 228 g/mol. The average Bonchev–Trinajstić information content (AvgIpc) is 2.86. The normalized spacial score (nSPS) is 37.2. The highest BCUT2D eigenvalue weighted by atomic mass is 16.5. The van der Waals surface area contributed by atoms with Gasteiger partial charge >= 0.3 is 0 Å². The molecule has 0 aromatic heterocycles.